The van der Waals surface area contributed by atoms with Crippen LogP contribution in [0.5, 0.6) is 0 Å². The van der Waals surface area contributed by atoms with Gasteiger partial charge in [0.05, 0.1) is 23.0 Å². The second kappa shape index (κ2) is 9.33. The number of pyridine rings is 1. The molecule has 0 aliphatic heterocycles. The zero-order valence-electron chi connectivity index (χ0n) is 17.6. The van der Waals surface area contributed by atoms with E-state index in [1.54, 1.807) is 7.11 Å². The molecule has 6 heteroatoms. The molecule has 0 atom stereocenters. The lowest BCUT2D eigenvalue weighted by Gasteiger charge is -2.14. The lowest BCUT2D eigenvalue weighted by molar-refractivity contribution is 0.194. The number of methoxy groups -OCH3 is 1. The SMILES string of the molecule is COCCCc1nnc(-c2ccc(-c3ccccc3)nc2)n1-c1cccc(C#N)c1C. The minimum Gasteiger partial charge on any atom is -0.385 e. The van der Waals surface area contributed by atoms with E-state index in [1.165, 1.54) is 0 Å². The Labute approximate surface area is 181 Å². The summed E-state index contributed by atoms with van der Waals surface area (Å²) in [6, 6.07) is 22.0. The summed E-state index contributed by atoms with van der Waals surface area (Å²) in [7, 11) is 1.69. The molecule has 0 saturated heterocycles. The Bertz CT molecular complexity index is 1210. The van der Waals surface area contributed by atoms with Crippen molar-refractivity contribution < 1.29 is 4.74 Å². The summed E-state index contributed by atoms with van der Waals surface area (Å²) in [5, 5.41) is 18.4. The molecule has 0 bridgehead atoms. The van der Waals surface area contributed by atoms with Crippen LogP contribution in [0.3, 0.4) is 0 Å². The number of benzene rings is 2. The number of rotatable bonds is 7. The molecule has 154 valence electrons. The molecule has 0 N–H and O–H groups in total. The minimum absolute atomic E-state index is 0.637. The van der Waals surface area contributed by atoms with Crippen molar-refractivity contribution >= 4 is 0 Å². The van der Waals surface area contributed by atoms with Crippen LogP contribution in [-0.4, -0.2) is 33.5 Å². The third kappa shape index (κ3) is 4.23. The highest BCUT2D eigenvalue weighted by Crippen LogP contribution is 2.28. The van der Waals surface area contributed by atoms with Gasteiger partial charge in [-0.1, -0.05) is 36.4 Å². The van der Waals surface area contributed by atoms with Gasteiger partial charge >= 0.3 is 0 Å². The average molecular weight is 409 g/mol. The maximum atomic E-state index is 9.49. The smallest absolute Gasteiger partial charge is 0.170 e. The maximum Gasteiger partial charge on any atom is 0.170 e. The fourth-order valence-electron chi connectivity index (χ4n) is 3.59. The lowest BCUT2D eigenvalue weighted by Crippen LogP contribution is -2.07. The molecule has 2 heterocycles. The van der Waals surface area contributed by atoms with Crippen LogP contribution < -0.4 is 0 Å². The van der Waals surface area contributed by atoms with Gasteiger partial charge in [-0.15, -0.1) is 10.2 Å². The number of aryl methyl sites for hydroxylation is 1. The fraction of sp³-hybridized carbons (Fsp3) is 0.200. The van der Waals surface area contributed by atoms with E-state index in [0.717, 1.165) is 40.3 Å². The Kier molecular flexibility index (Phi) is 6.16. The van der Waals surface area contributed by atoms with Gasteiger partial charge in [0, 0.05) is 37.5 Å². The van der Waals surface area contributed by atoms with Crippen LogP contribution in [0.4, 0.5) is 0 Å². The Balaban J connectivity index is 1.79. The first-order chi connectivity index (χ1) is 15.2. The molecular weight excluding hydrogens is 386 g/mol. The quantitative estimate of drug-likeness (QED) is 0.412. The van der Waals surface area contributed by atoms with Crippen molar-refractivity contribution in [3.8, 4) is 34.4 Å². The normalized spacial score (nSPS) is 10.7. The van der Waals surface area contributed by atoms with Crippen LogP contribution in [0.2, 0.25) is 0 Å². The highest BCUT2D eigenvalue weighted by atomic mass is 16.5. The Morgan fingerprint density at radius 1 is 0.968 bits per heavy atom. The number of ether oxygens (including phenoxy) is 1. The zero-order chi connectivity index (χ0) is 21.6. The summed E-state index contributed by atoms with van der Waals surface area (Å²) >= 11 is 0. The number of nitrogens with zero attached hydrogens (tertiary/aromatic N) is 5. The molecule has 0 spiro atoms. The maximum absolute atomic E-state index is 9.49. The van der Waals surface area contributed by atoms with E-state index in [-0.39, 0.29) is 0 Å². The third-order valence-electron chi connectivity index (χ3n) is 5.24. The Morgan fingerprint density at radius 3 is 2.52 bits per heavy atom. The first-order valence-corrected chi connectivity index (χ1v) is 10.2. The van der Waals surface area contributed by atoms with Gasteiger partial charge in [0.1, 0.15) is 5.82 Å². The van der Waals surface area contributed by atoms with Gasteiger partial charge in [-0.05, 0) is 43.2 Å². The summed E-state index contributed by atoms with van der Waals surface area (Å²) in [5.74, 6) is 1.54. The highest BCUT2D eigenvalue weighted by molar-refractivity contribution is 5.65. The summed E-state index contributed by atoms with van der Waals surface area (Å²) in [6.45, 7) is 2.60. The predicted octanol–water partition coefficient (Wildman–Crippen LogP) is 4.76. The van der Waals surface area contributed by atoms with Crippen LogP contribution in [0.15, 0.2) is 66.9 Å². The Hall–Kier alpha value is -3.82. The number of nitriles is 1. The molecule has 0 unspecified atom stereocenters. The summed E-state index contributed by atoms with van der Waals surface area (Å²) in [6.07, 6.45) is 3.37. The number of aromatic nitrogens is 4. The zero-order valence-corrected chi connectivity index (χ0v) is 17.6. The van der Waals surface area contributed by atoms with Gasteiger partial charge in [0.2, 0.25) is 0 Å². The molecular formula is C25H23N5O. The molecule has 0 aliphatic carbocycles. The molecule has 0 radical (unpaired) electrons. The highest BCUT2D eigenvalue weighted by Gasteiger charge is 2.18. The van der Waals surface area contributed by atoms with Crippen molar-refractivity contribution in [3.63, 3.8) is 0 Å². The predicted molar refractivity (Wildman–Crippen MR) is 120 cm³/mol. The second-order valence-electron chi connectivity index (χ2n) is 7.23. The van der Waals surface area contributed by atoms with Gasteiger partial charge in [0.25, 0.3) is 0 Å². The van der Waals surface area contributed by atoms with Crippen LogP contribution in [0, 0.1) is 18.3 Å². The van der Waals surface area contributed by atoms with Gasteiger partial charge in [-0.25, -0.2) is 0 Å². The molecule has 0 saturated carbocycles. The second-order valence-corrected chi connectivity index (χ2v) is 7.23. The average Bonchev–Trinajstić information content (AvgIpc) is 3.24. The summed E-state index contributed by atoms with van der Waals surface area (Å²) < 4.78 is 7.24. The van der Waals surface area contributed by atoms with Crippen molar-refractivity contribution in [1.82, 2.24) is 19.7 Å². The van der Waals surface area contributed by atoms with E-state index < -0.39 is 0 Å². The summed E-state index contributed by atoms with van der Waals surface area (Å²) in [5.41, 5.74) is 5.27. The van der Waals surface area contributed by atoms with Crippen molar-refractivity contribution in [2.45, 2.75) is 19.8 Å². The Morgan fingerprint density at radius 2 is 1.81 bits per heavy atom. The van der Waals surface area contributed by atoms with Crippen LogP contribution in [-0.2, 0) is 11.2 Å². The number of hydrogen-bond acceptors (Lipinski definition) is 5. The van der Waals surface area contributed by atoms with Gasteiger partial charge in [-0.3, -0.25) is 9.55 Å². The lowest BCUT2D eigenvalue weighted by atomic mass is 10.1. The minimum atomic E-state index is 0.637. The molecule has 0 aliphatic rings. The molecule has 2 aromatic carbocycles. The standard InChI is InChI=1S/C25H23N5O/c1-18-20(16-26)10-6-11-23(18)30-24(12-7-15-31-2)28-29-25(30)21-13-14-22(27-17-21)19-8-4-3-5-9-19/h3-6,8-11,13-14,17H,7,12,15H2,1-2H3. The first kappa shape index (κ1) is 20.5. The molecule has 6 nitrogen and oxygen atoms in total. The fourth-order valence-corrected chi connectivity index (χ4v) is 3.59. The molecule has 0 fully saturated rings. The van der Waals surface area contributed by atoms with Gasteiger partial charge in [-0.2, -0.15) is 5.26 Å². The van der Waals surface area contributed by atoms with E-state index in [4.69, 9.17) is 4.74 Å². The molecule has 31 heavy (non-hydrogen) atoms. The molecule has 2 aromatic heterocycles. The summed E-state index contributed by atoms with van der Waals surface area (Å²) in [4.78, 5) is 4.65. The molecule has 0 amide bonds. The third-order valence-corrected chi connectivity index (χ3v) is 5.24. The van der Waals surface area contributed by atoms with E-state index in [0.29, 0.717) is 24.4 Å². The van der Waals surface area contributed by atoms with E-state index >= 15 is 0 Å². The van der Waals surface area contributed by atoms with E-state index in [1.807, 2.05) is 78.4 Å². The van der Waals surface area contributed by atoms with Gasteiger partial charge in [0.15, 0.2) is 5.82 Å². The molecule has 4 aromatic rings. The first-order valence-electron chi connectivity index (χ1n) is 10.2. The van der Waals surface area contributed by atoms with Crippen LogP contribution in [0.1, 0.15) is 23.4 Å². The van der Waals surface area contributed by atoms with Crippen LogP contribution in [0.25, 0.3) is 28.3 Å². The topological polar surface area (TPSA) is 76.6 Å². The van der Waals surface area contributed by atoms with Crippen molar-refractivity contribution in [2.24, 2.45) is 0 Å². The monoisotopic (exact) mass is 409 g/mol. The number of hydrogen-bond donors (Lipinski definition) is 0. The largest absolute Gasteiger partial charge is 0.385 e. The van der Waals surface area contributed by atoms with E-state index in [2.05, 4.69) is 21.3 Å². The van der Waals surface area contributed by atoms with E-state index in [9.17, 15) is 5.26 Å². The van der Waals surface area contributed by atoms with Crippen molar-refractivity contribution in [1.29, 1.82) is 5.26 Å². The van der Waals surface area contributed by atoms with Gasteiger partial charge < -0.3 is 4.74 Å². The van der Waals surface area contributed by atoms with Crippen LogP contribution >= 0.6 is 0 Å². The van der Waals surface area contributed by atoms with Crippen molar-refractivity contribution in [3.05, 3.63) is 83.8 Å². The molecule has 4 rings (SSSR count). The van der Waals surface area contributed by atoms with Crippen molar-refractivity contribution in [2.75, 3.05) is 13.7 Å².